The van der Waals surface area contributed by atoms with E-state index >= 15 is 0 Å². The van der Waals surface area contributed by atoms with Crippen molar-refractivity contribution in [2.75, 3.05) is 6.61 Å². The van der Waals surface area contributed by atoms with Gasteiger partial charge in [0.1, 0.15) is 17.7 Å². The molecule has 156 valence electrons. The molecule has 8 nitrogen and oxygen atoms in total. The van der Waals surface area contributed by atoms with Crippen LogP contribution in [0.15, 0.2) is 74.2 Å². The van der Waals surface area contributed by atoms with Gasteiger partial charge in [0.2, 0.25) is 15.2 Å². The first-order valence-corrected chi connectivity index (χ1v) is 9.99. The van der Waals surface area contributed by atoms with Crippen LogP contribution in [0.5, 0.6) is 0 Å². The van der Waals surface area contributed by atoms with Gasteiger partial charge in [-0.2, -0.15) is 5.10 Å². The van der Waals surface area contributed by atoms with Gasteiger partial charge in [-0.25, -0.2) is 13.9 Å². The Kier molecular flexibility index (Phi) is 5.80. The third-order valence-electron chi connectivity index (χ3n) is 4.11. The monoisotopic (exact) mass is 438 g/mol. The Morgan fingerprint density at radius 2 is 2.10 bits per heavy atom. The van der Waals surface area contributed by atoms with Gasteiger partial charge in [0.25, 0.3) is 0 Å². The maximum absolute atomic E-state index is 13.5. The van der Waals surface area contributed by atoms with E-state index in [1.807, 2.05) is 18.2 Å². The smallest absolute Gasteiger partial charge is 0.369 e. The third-order valence-corrected chi connectivity index (χ3v) is 4.99. The van der Waals surface area contributed by atoms with Gasteiger partial charge < -0.3 is 9.15 Å². The van der Waals surface area contributed by atoms with Crippen LogP contribution < -0.4 is 10.2 Å². The first kappa shape index (κ1) is 20.4. The summed E-state index contributed by atoms with van der Waals surface area (Å²) in [6, 6.07) is 12.8. The quantitative estimate of drug-likeness (QED) is 0.270. The lowest BCUT2D eigenvalue weighted by Crippen LogP contribution is -2.14. The van der Waals surface area contributed by atoms with E-state index in [2.05, 4.69) is 15.3 Å². The molecular formula is C21H15FN4O4S. The highest BCUT2D eigenvalue weighted by Crippen LogP contribution is 2.12. The molecular weight excluding hydrogens is 423 g/mol. The minimum absolute atomic E-state index is 0.100. The van der Waals surface area contributed by atoms with Crippen molar-refractivity contribution in [3.8, 4) is 5.69 Å². The van der Waals surface area contributed by atoms with Crippen molar-refractivity contribution >= 4 is 34.5 Å². The molecule has 0 spiro atoms. The van der Waals surface area contributed by atoms with Gasteiger partial charge in [-0.1, -0.05) is 29.5 Å². The highest BCUT2D eigenvalue weighted by Gasteiger charge is 2.15. The summed E-state index contributed by atoms with van der Waals surface area (Å²) in [6.45, 7) is 1.92. The molecule has 0 fully saturated rings. The maximum atomic E-state index is 13.5. The second kappa shape index (κ2) is 8.84. The number of para-hydroxylation sites is 1. The summed E-state index contributed by atoms with van der Waals surface area (Å²) < 4.78 is 25.3. The van der Waals surface area contributed by atoms with Crippen molar-refractivity contribution < 1.29 is 18.3 Å². The van der Waals surface area contributed by atoms with Gasteiger partial charge >= 0.3 is 5.97 Å². The normalized spacial score (nSPS) is 12.0. The van der Waals surface area contributed by atoms with Crippen molar-refractivity contribution in [1.29, 1.82) is 0 Å². The van der Waals surface area contributed by atoms with Crippen molar-refractivity contribution in [3.63, 3.8) is 0 Å². The fourth-order valence-electron chi connectivity index (χ4n) is 2.71. The Balaban J connectivity index is 1.75. The molecule has 31 heavy (non-hydrogen) atoms. The van der Waals surface area contributed by atoms with E-state index in [4.69, 9.17) is 9.15 Å². The lowest BCUT2D eigenvalue weighted by molar-refractivity contribution is 0.0524. The van der Waals surface area contributed by atoms with Crippen LogP contribution in [0, 0.1) is 5.82 Å². The lowest BCUT2D eigenvalue weighted by atomic mass is 10.2. The molecule has 4 aromatic rings. The van der Waals surface area contributed by atoms with Gasteiger partial charge in [-0.3, -0.25) is 4.79 Å². The van der Waals surface area contributed by atoms with Crippen LogP contribution in [0.3, 0.4) is 0 Å². The fraction of sp³-hybridized carbons (Fsp3) is 0.0952. The number of nitrogens with zero attached hydrogens (tertiary/aromatic N) is 4. The average Bonchev–Trinajstić information content (AvgIpc) is 3.21. The van der Waals surface area contributed by atoms with Crippen molar-refractivity contribution in [1.82, 2.24) is 9.78 Å². The molecule has 0 bridgehead atoms. The molecule has 0 amide bonds. The number of ether oxygens (including phenoxy) is 1. The third kappa shape index (κ3) is 4.33. The number of fused-ring (bicyclic) bond motifs is 1. The summed E-state index contributed by atoms with van der Waals surface area (Å²) in [5.74, 6) is -1.11. The molecule has 0 atom stereocenters. The van der Waals surface area contributed by atoms with E-state index in [1.165, 1.54) is 29.3 Å². The van der Waals surface area contributed by atoms with Crippen molar-refractivity contribution in [3.05, 3.63) is 86.2 Å². The van der Waals surface area contributed by atoms with E-state index in [0.29, 0.717) is 10.5 Å². The van der Waals surface area contributed by atoms with Crippen LogP contribution in [0.25, 0.3) is 16.7 Å². The summed E-state index contributed by atoms with van der Waals surface area (Å²) in [7, 11) is 0. The maximum Gasteiger partial charge on any atom is 0.369 e. The molecule has 0 aliphatic carbocycles. The Morgan fingerprint density at radius 3 is 2.87 bits per heavy atom. The topological polar surface area (TPSA) is 99.1 Å². The van der Waals surface area contributed by atoms with Gasteiger partial charge in [0, 0.05) is 0 Å². The van der Waals surface area contributed by atoms with Crippen LogP contribution in [0.2, 0.25) is 0 Å². The van der Waals surface area contributed by atoms with E-state index in [0.717, 1.165) is 17.4 Å². The Labute approximate surface area is 178 Å². The highest BCUT2D eigenvalue weighted by molar-refractivity contribution is 7.10. The predicted molar refractivity (Wildman–Crippen MR) is 113 cm³/mol. The average molecular weight is 438 g/mol. The van der Waals surface area contributed by atoms with Crippen molar-refractivity contribution in [2.24, 2.45) is 10.2 Å². The molecule has 4 rings (SSSR count). The number of rotatable bonds is 5. The van der Waals surface area contributed by atoms with E-state index in [9.17, 15) is 14.0 Å². The largest absolute Gasteiger partial charge is 0.463 e. The Hall–Kier alpha value is -3.92. The number of esters is 1. The van der Waals surface area contributed by atoms with Gasteiger partial charge in [-0.15, -0.1) is 10.2 Å². The van der Waals surface area contributed by atoms with Crippen LogP contribution in [0.1, 0.15) is 22.3 Å². The Bertz CT molecular complexity index is 1410. The summed E-state index contributed by atoms with van der Waals surface area (Å²) in [4.78, 5) is 24.9. The molecule has 0 saturated heterocycles. The molecule has 0 N–H and O–H groups in total. The lowest BCUT2D eigenvalue weighted by Gasteiger charge is -1.99. The number of aromatic nitrogens is 2. The number of hydrogen-bond acceptors (Lipinski definition) is 8. The zero-order chi connectivity index (χ0) is 21.8. The molecule has 10 heteroatoms. The summed E-state index contributed by atoms with van der Waals surface area (Å²) >= 11 is 0.992. The number of benzene rings is 2. The molecule has 0 aliphatic heterocycles. The fourth-order valence-corrected chi connectivity index (χ4v) is 3.47. The summed E-state index contributed by atoms with van der Waals surface area (Å²) in [6.07, 6.45) is 2.43. The van der Waals surface area contributed by atoms with Crippen LogP contribution in [-0.2, 0) is 4.74 Å². The molecule has 2 aromatic carbocycles. The van der Waals surface area contributed by atoms with E-state index in [1.54, 1.807) is 19.1 Å². The zero-order valence-electron chi connectivity index (χ0n) is 16.2. The SMILES string of the molecule is CCOC(=O)c1nn(-c2ccccc2)/c(=N\N=C\c2coc3ccc(F)cc3c2=O)s1. The number of carbonyl (C=O) groups excluding carboxylic acids is 1. The van der Waals surface area contributed by atoms with Crippen LogP contribution >= 0.6 is 11.3 Å². The first-order valence-electron chi connectivity index (χ1n) is 9.17. The molecule has 0 unspecified atom stereocenters. The first-order chi connectivity index (χ1) is 15.1. The standard InChI is InChI=1S/C21H15FN4O4S/c1-2-29-20(28)19-25-26(15-6-4-3-5-7-15)21(31-19)24-23-11-13-12-30-17-9-8-14(22)10-16(17)18(13)27/h3-12H,2H2,1H3/b23-11+,24-21+. The second-order valence-electron chi connectivity index (χ2n) is 6.16. The van der Waals surface area contributed by atoms with Crippen LogP contribution in [0.4, 0.5) is 4.39 Å². The summed E-state index contributed by atoms with van der Waals surface area (Å²) in [5, 5.41) is 12.5. The van der Waals surface area contributed by atoms with Gasteiger partial charge in [0.15, 0.2) is 0 Å². The molecule has 2 heterocycles. The number of halogens is 1. The van der Waals surface area contributed by atoms with Gasteiger partial charge in [0.05, 0.1) is 29.5 Å². The van der Waals surface area contributed by atoms with E-state index < -0.39 is 17.2 Å². The molecule has 0 radical (unpaired) electrons. The molecule has 2 aromatic heterocycles. The van der Waals surface area contributed by atoms with Crippen molar-refractivity contribution in [2.45, 2.75) is 6.92 Å². The predicted octanol–water partition coefficient (Wildman–Crippen LogP) is 3.29. The number of carbonyl (C=O) groups is 1. The highest BCUT2D eigenvalue weighted by atomic mass is 32.1. The molecule has 0 saturated carbocycles. The Morgan fingerprint density at radius 1 is 1.29 bits per heavy atom. The minimum Gasteiger partial charge on any atom is -0.463 e. The zero-order valence-corrected chi connectivity index (χ0v) is 17.0. The van der Waals surface area contributed by atoms with E-state index in [-0.39, 0.29) is 28.1 Å². The molecule has 0 aliphatic rings. The van der Waals surface area contributed by atoms with Crippen LogP contribution in [-0.4, -0.2) is 28.6 Å². The second-order valence-corrected chi connectivity index (χ2v) is 7.12. The minimum atomic E-state index is -0.570. The summed E-state index contributed by atoms with van der Waals surface area (Å²) in [5.41, 5.74) is 0.600. The van der Waals surface area contributed by atoms with Gasteiger partial charge in [-0.05, 0) is 37.3 Å². The number of hydrogen-bond donors (Lipinski definition) is 0.